The first-order chi connectivity index (χ1) is 17.3. The third-order valence-corrected chi connectivity index (χ3v) is 7.95. The first kappa shape index (κ1) is 24.4. The van der Waals surface area contributed by atoms with E-state index in [1.807, 2.05) is 28.1 Å². The molecule has 190 valence electrons. The molecule has 9 nitrogen and oxygen atoms in total. The van der Waals surface area contributed by atoms with Crippen molar-refractivity contribution in [3.63, 3.8) is 0 Å². The van der Waals surface area contributed by atoms with Crippen molar-refractivity contribution in [3.05, 3.63) is 41.7 Å². The van der Waals surface area contributed by atoms with Gasteiger partial charge in [0.1, 0.15) is 0 Å². The molecule has 2 aliphatic heterocycles. The molecule has 0 radical (unpaired) electrons. The van der Waals surface area contributed by atoms with E-state index >= 15 is 0 Å². The fourth-order valence-electron chi connectivity index (χ4n) is 5.67. The molecule has 2 saturated heterocycles. The fourth-order valence-corrected chi connectivity index (χ4v) is 5.92. The first-order valence-corrected chi connectivity index (χ1v) is 12.8. The molecule has 0 spiro atoms. The number of fused-ring (bicyclic) bond motifs is 1. The lowest BCUT2D eigenvalue weighted by atomic mass is 9.97. The van der Waals surface area contributed by atoms with Crippen molar-refractivity contribution in [2.75, 3.05) is 37.6 Å². The number of piperazine rings is 1. The number of amides is 2. The summed E-state index contributed by atoms with van der Waals surface area (Å²) >= 11 is 6.83. The molecule has 1 N–H and O–H groups in total. The molecule has 10 heteroatoms. The SMILES string of the molecule is C=CC(=O)N1CCC(n2nc(N3CCN(C(C)=O)CC3)c(-c3c(Cl)ccc4[nH]ncc34)c2C)CC1C. The van der Waals surface area contributed by atoms with Crippen LogP contribution in [-0.2, 0) is 9.59 Å². The van der Waals surface area contributed by atoms with E-state index in [1.165, 1.54) is 6.08 Å². The Morgan fingerprint density at radius 1 is 1.17 bits per heavy atom. The molecule has 5 rings (SSSR count). The van der Waals surface area contributed by atoms with Gasteiger partial charge in [-0.2, -0.15) is 10.2 Å². The average Bonchev–Trinajstić information content (AvgIpc) is 3.48. The van der Waals surface area contributed by atoms with E-state index in [2.05, 4.69) is 40.2 Å². The number of likely N-dealkylation sites (tertiary alicyclic amines) is 1. The number of piperidine rings is 1. The van der Waals surface area contributed by atoms with Crippen LogP contribution in [0.15, 0.2) is 31.0 Å². The molecule has 2 amide bonds. The summed E-state index contributed by atoms with van der Waals surface area (Å²) in [6.07, 6.45) is 4.82. The maximum absolute atomic E-state index is 12.3. The van der Waals surface area contributed by atoms with Crippen LogP contribution in [0.2, 0.25) is 5.02 Å². The largest absolute Gasteiger partial charge is 0.351 e. The van der Waals surface area contributed by atoms with Crippen molar-refractivity contribution in [2.45, 2.75) is 45.7 Å². The highest BCUT2D eigenvalue weighted by Crippen LogP contribution is 2.43. The van der Waals surface area contributed by atoms with Crippen LogP contribution in [0.5, 0.6) is 0 Å². The van der Waals surface area contributed by atoms with Gasteiger partial charge in [0, 0.05) is 72.9 Å². The number of rotatable bonds is 4. The zero-order valence-corrected chi connectivity index (χ0v) is 21.8. The summed E-state index contributed by atoms with van der Waals surface area (Å²) in [5.41, 5.74) is 3.87. The maximum atomic E-state index is 12.3. The summed E-state index contributed by atoms with van der Waals surface area (Å²) < 4.78 is 2.13. The van der Waals surface area contributed by atoms with Crippen LogP contribution in [0, 0.1) is 6.92 Å². The van der Waals surface area contributed by atoms with Crippen molar-refractivity contribution in [1.82, 2.24) is 29.8 Å². The van der Waals surface area contributed by atoms with Crippen molar-refractivity contribution < 1.29 is 9.59 Å². The molecule has 0 saturated carbocycles. The summed E-state index contributed by atoms with van der Waals surface area (Å²) in [6, 6.07) is 4.08. The predicted octanol–water partition coefficient (Wildman–Crippen LogP) is 3.79. The van der Waals surface area contributed by atoms with Gasteiger partial charge in [-0.05, 0) is 44.9 Å². The predicted molar refractivity (Wildman–Crippen MR) is 141 cm³/mol. The molecule has 4 heterocycles. The van der Waals surface area contributed by atoms with Crippen molar-refractivity contribution in [2.24, 2.45) is 0 Å². The highest BCUT2D eigenvalue weighted by atomic mass is 35.5. The third-order valence-electron chi connectivity index (χ3n) is 7.63. The highest BCUT2D eigenvalue weighted by Gasteiger charge is 2.33. The van der Waals surface area contributed by atoms with E-state index < -0.39 is 0 Å². The molecular weight excluding hydrogens is 478 g/mol. The Labute approximate surface area is 215 Å². The molecule has 1 aromatic carbocycles. The number of carbonyl (C=O) groups is 2. The van der Waals surface area contributed by atoms with Gasteiger partial charge in [0.25, 0.3) is 0 Å². The maximum Gasteiger partial charge on any atom is 0.246 e. The average molecular weight is 510 g/mol. The molecule has 2 aromatic heterocycles. The summed E-state index contributed by atoms with van der Waals surface area (Å²) in [7, 11) is 0. The number of nitrogens with zero attached hydrogens (tertiary/aromatic N) is 6. The number of aromatic amines is 1. The number of carbonyl (C=O) groups excluding carboxylic acids is 2. The highest BCUT2D eigenvalue weighted by molar-refractivity contribution is 6.35. The minimum absolute atomic E-state index is 0.0266. The number of H-pyrrole nitrogens is 1. The van der Waals surface area contributed by atoms with Gasteiger partial charge in [0.2, 0.25) is 11.8 Å². The standard InChI is InChI=1S/C26H32ClN7O2/c1-5-23(36)33-9-8-19(14-16(33)2)34-17(3)24(25-20-15-28-29-22(20)7-6-21(25)27)26(30-34)32-12-10-31(11-13-32)18(4)35/h5-7,15-16,19H,1,8-14H2,2-4H3,(H,28,29). The second kappa shape index (κ2) is 9.61. The van der Waals surface area contributed by atoms with Crippen molar-refractivity contribution in [1.29, 1.82) is 0 Å². The van der Waals surface area contributed by atoms with Crippen LogP contribution in [-0.4, -0.2) is 80.4 Å². The minimum Gasteiger partial charge on any atom is -0.351 e. The van der Waals surface area contributed by atoms with Gasteiger partial charge in [0.05, 0.1) is 17.8 Å². The number of aromatic nitrogens is 4. The van der Waals surface area contributed by atoms with E-state index in [9.17, 15) is 9.59 Å². The van der Waals surface area contributed by atoms with E-state index in [4.69, 9.17) is 16.7 Å². The van der Waals surface area contributed by atoms with E-state index in [-0.39, 0.29) is 23.9 Å². The Balaban J connectivity index is 1.58. The van der Waals surface area contributed by atoms with Crippen molar-refractivity contribution in [3.8, 4) is 11.1 Å². The number of hydrogen-bond donors (Lipinski definition) is 1. The van der Waals surface area contributed by atoms with E-state index in [0.29, 0.717) is 37.7 Å². The summed E-state index contributed by atoms with van der Waals surface area (Å²) in [4.78, 5) is 30.2. The molecule has 3 aromatic rings. The van der Waals surface area contributed by atoms with Gasteiger partial charge in [0.15, 0.2) is 5.82 Å². The second-order valence-corrected chi connectivity index (χ2v) is 10.1. The van der Waals surface area contributed by atoms with E-state index in [1.54, 1.807) is 6.92 Å². The molecule has 0 aliphatic carbocycles. The van der Waals surface area contributed by atoms with Crippen LogP contribution >= 0.6 is 11.6 Å². The Morgan fingerprint density at radius 3 is 2.58 bits per heavy atom. The van der Waals surface area contributed by atoms with Gasteiger partial charge in [-0.1, -0.05) is 18.2 Å². The zero-order valence-electron chi connectivity index (χ0n) is 21.0. The Kier molecular flexibility index (Phi) is 6.51. The quantitative estimate of drug-likeness (QED) is 0.540. The second-order valence-electron chi connectivity index (χ2n) is 9.74. The van der Waals surface area contributed by atoms with Gasteiger partial charge < -0.3 is 14.7 Å². The molecule has 2 atom stereocenters. The molecule has 2 aliphatic rings. The third kappa shape index (κ3) is 4.15. The summed E-state index contributed by atoms with van der Waals surface area (Å²) in [5.74, 6) is 0.947. The number of nitrogens with one attached hydrogen (secondary N) is 1. The van der Waals surface area contributed by atoms with Gasteiger partial charge in [-0.3, -0.25) is 19.4 Å². The topological polar surface area (TPSA) is 90.4 Å². The monoisotopic (exact) mass is 509 g/mol. The fraction of sp³-hybridized carbons (Fsp3) is 0.462. The van der Waals surface area contributed by atoms with Gasteiger partial charge in [-0.25, -0.2) is 0 Å². The smallest absolute Gasteiger partial charge is 0.246 e. The summed E-state index contributed by atoms with van der Waals surface area (Å²) in [5, 5.41) is 14.1. The van der Waals surface area contributed by atoms with Crippen LogP contribution in [0.3, 0.4) is 0 Å². The number of hydrogen-bond acceptors (Lipinski definition) is 5. The Bertz CT molecular complexity index is 1320. The molecule has 0 bridgehead atoms. The number of halogens is 1. The molecule has 2 fully saturated rings. The van der Waals surface area contributed by atoms with Crippen LogP contribution < -0.4 is 4.90 Å². The lowest BCUT2D eigenvalue weighted by Gasteiger charge is -2.37. The Morgan fingerprint density at radius 2 is 1.92 bits per heavy atom. The first-order valence-electron chi connectivity index (χ1n) is 12.4. The molecule has 36 heavy (non-hydrogen) atoms. The number of benzene rings is 1. The number of anilines is 1. The van der Waals surface area contributed by atoms with Gasteiger partial charge >= 0.3 is 0 Å². The lowest BCUT2D eigenvalue weighted by molar-refractivity contribution is -0.130. The minimum atomic E-state index is -0.0266. The lowest BCUT2D eigenvalue weighted by Crippen LogP contribution is -2.48. The van der Waals surface area contributed by atoms with Crippen LogP contribution in [0.4, 0.5) is 5.82 Å². The molecular formula is C26H32ClN7O2. The van der Waals surface area contributed by atoms with Crippen LogP contribution in [0.25, 0.3) is 22.0 Å². The van der Waals surface area contributed by atoms with Crippen molar-refractivity contribution >= 4 is 40.1 Å². The van der Waals surface area contributed by atoms with Gasteiger partial charge in [-0.15, -0.1) is 0 Å². The van der Waals surface area contributed by atoms with E-state index in [0.717, 1.165) is 46.4 Å². The molecule has 2 unspecified atom stereocenters. The van der Waals surface area contributed by atoms with Crippen LogP contribution in [0.1, 0.15) is 38.4 Å². The summed E-state index contributed by atoms with van der Waals surface area (Å²) in [6.45, 7) is 12.8. The zero-order chi connectivity index (χ0) is 25.6. The Hall–Kier alpha value is -3.33. The normalized spacial score (nSPS) is 20.7.